The van der Waals surface area contributed by atoms with Gasteiger partial charge in [0.1, 0.15) is 0 Å². The van der Waals surface area contributed by atoms with Gasteiger partial charge in [-0.1, -0.05) is 48.8 Å². The van der Waals surface area contributed by atoms with E-state index in [1.165, 1.54) is 17.1 Å². The number of methoxy groups -OCH3 is 2. The maximum absolute atomic E-state index is 12.7. The zero-order chi connectivity index (χ0) is 19.2. The Morgan fingerprint density at radius 3 is 2.44 bits per heavy atom. The molecule has 0 saturated carbocycles. The molecule has 0 atom stereocenters. The van der Waals surface area contributed by atoms with Crippen LogP contribution in [0.25, 0.3) is 10.1 Å². The van der Waals surface area contributed by atoms with Crippen LogP contribution < -0.4 is 15.0 Å². The fourth-order valence-electron chi connectivity index (χ4n) is 3.17. The number of rotatable bonds is 9. The summed E-state index contributed by atoms with van der Waals surface area (Å²) >= 11 is 1.49. The Morgan fingerprint density at radius 2 is 1.78 bits per heavy atom. The largest absolute Gasteiger partial charge is 0.493 e. The normalized spacial score (nSPS) is 11.3. The van der Waals surface area contributed by atoms with Crippen LogP contribution in [0.1, 0.15) is 18.9 Å². The SMILES string of the molecule is CCN(CCCn1sc2cc(OC)c(OC)cc2c1=O)Cc1ccccc1. The van der Waals surface area contributed by atoms with Crippen LogP contribution in [0.2, 0.25) is 0 Å². The van der Waals surface area contributed by atoms with Gasteiger partial charge in [0.05, 0.1) is 24.3 Å². The lowest BCUT2D eigenvalue weighted by atomic mass is 10.2. The zero-order valence-electron chi connectivity index (χ0n) is 16.1. The van der Waals surface area contributed by atoms with Crippen LogP contribution in [0.5, 0.6) is 11.5 Å². The van der Waals surface area contributed by atoms with E-state index in [9.17, 15) is 4.79 Å². The van der Waals surface area contributed by atoms with Crippen molar-refractivity contribution < 1.29 is 9.47 Å². The van der Waals surface area contributed by atoms with E-state index < -0.39 is 0 Å². The van der Waals surface area contributed by atoms with Gasteiger partial charge in [0, 0.05) is 25.7 Å². The monoisotopic (exact) mass is 386 g/mol. The summed E-state index contributed by atoms with van der Waals surface area (Å²) in [5, 5.41) is 0.689. The fourth-order valence-corrected chi connectivity index (χ4v) is 4.22. The predicted octanol–water partition coefficient (Wildman–Crippen LogP) is 3.99. The van der Waals surface area contributed by atoms with E-state index in [0.717, 1.165) is 30.8 Å². The van der Waals surface area contributed by atoms with E-state index in [1.807, 2.05) is 16.1 Å². The van der Waals surface area contributed by atoms with E-state index in [1.54, 1.807) is 20.3 Å². The lowest BCUT2D eigenvalue weighted by Crippen LogP contribution is -2.25. The first-order chi connectivity index (χ1) is 13.2. The molecule has 2 aromatic carbocycles. The molecular formula is C21H26N2O3S. The Kier molecular flexibility index (Phi) is 6.53. The molecule has 0 bridgehead atoms. The summed E-state index contributed by atoms with van der Waals surface area (Å²) in [4.78, 5) is 15.1. The van der Waals surface area contributed by atoms with Crippen molar-refractivity contribution in [1.82, 2.24) is 8.86 Å². The van der Waals surface area contributed by atoms with Gasteiger partial charge in [-0.3, -0.25) is 13.7 Å². The summed E-state index contributed by atoms with van der Waals surface area (Å²) in [7, 11) is 3.19. The third-order valence-corrected chi connectivity index (χ3v) is 5.79. The van der Waals surface area contributed by atoms with Gasteiger partial charge in [-0.2, -0.15) is 0 Å². The average Bonchev–Trinajstić information content (AvgIpc) is 3.01. The van der Waals surface area contributed by atoms with Gasteiger partial charge in [-0.15, -0.1) is 0 Å². The van der Waals surface area contributed by atoms with Crippen LogP contribution in [-0.2, 0) is 13.1 Å². The molecule has 1 heterocycles. The van der Waals surface area contributed by atoms with Crippen molar-refractivity contribution >= 4 is 21.6 Å². The number of fused-ring (bicyclic) bond motifs is 1. The first-order valence-electron chi connectivity index (χ1n) is 9.18. The zero-order valence-corrected chi connectivity index (χ0v) is 16.9. The molecule has 0 unspecified atom stereocenters. The van der Waals surface area contributed by atoms with E-state index in [0.29, 0.717) is 23.4 Å². The standard InChI is InChI=1S/C21H26N2O3S/c1-4-22(15-16-9-6-5-7-10-16)11-8-12-23-21(24)17-13-18(25-2)19(26-3)14-20(17)27-23/h5-7,9-10,13-14H,4,8,11-12,15H2,1-3H3. The second-order valence-corrected chi connectivity index (χ2v) is 7.47. The summed E-state index contributed by atoms with van der Waals surface area (Å²) < 4.78 is 13.4. The number of benzene rings is 2. The quantitative estimate of drug-likeness (QED) is 0.558. The van der Waals surface area contributed by atoms with Crippen LogP contribution in [-0.4, -0.2) is 36.2 Å². The molecule has 0 fully saturated rings. The van der Waals surface area contributed by atoms with Crippen molar-refractivity contribution in [3.8, 4) is 11.5 Å². The molecule has 0 aliphatic carbocycles. The van der Waals surface area contributed by atoms with E-state index in [2.05, 4.69) is 36.1 Å². The first-order valence-corrected chi connectivity index (χ1v) is 9.95. The number of nitrogens with zero attached hydrogens (tertiary/aromatic N) is 2. The van der Waals surface area contributed by atoms with Crippen molar-refractivity contribution in [2.24, 2.45) is 0 Å². The van der Waals surface area contributed by atoms with Crippen LogP contribution in [0.4, 0.5) is 0 Å². The molecule has 0 N–H and O–H groups in total. The number of ether oxygens (including phenoxy) is 2. The summed E-state index contributed by atoms with van der Waals surface area (Å²) in [6.45, 7) is 5.78. The average molecular weight is 387 g/mol. The molecule has 1 aromatic heterocycles. The summed E-state index contributed by atoms with van der Waals surface area (Å²) in [5.41, 5.74) is 1.36. The van der Waals surface area contributed by atoms with Gasteiger partial charge in [0.15, 0.2) is 11.5 Å². The molecule has 0 saturated heterocycles. The van der Waals surface area contributed by atoms with Gasteiger partial charge in [-0.05, 0) is 24.6 Å². The summed E-state index contributed by atoms with van der Waals surface area (Å²) in [6.07, 6.45) is 0.932. The molecule has 0 spiro atoms. The Hall–Kier alpha value is -2.31. The van der Waals surface area contributed by atoms with E-state index in [-0.39, 0.29) is 5.56 Å². The highest BCUT2D eigenvalue weighted by Crippen LogP contribution is 2.32. The van der Waals surface area contributed by atoms with Crippen molar-refractivity contribution in [2.75, 3.05) is 27.3 Å². The Balaban J connectivity index is 1.67. The van der Waals surface area contributed by atoms with Crippen LogP contribution in [0.15, 0.2) is 47.3 Å². The molecule has 6 heteroatoms. The van der Waals surface area contributed by atoms with Gasteiger partial charge < -0.3 is 9.47 Å². The topological polar surface area (TPSA) is 43.7 Å². The lowest BCUT2D eigenvalue weighted by molar-refractivity contribution is 0.271. The van der Waals surface area contributed by atoms with Crippen molar-refractivity contribution in [3.63, 3.8) is 0 Å². The van der Waals surface area contributed by atoms with Gasteiger partial charge in [-0.25, -0.2) is 0 Å². The number of hydrogen-bond acceptors (Lipinski definition) is 5. The second-order valence-electron chi connectivity index (χ2n) is 6.41. The lowest BCUT2D eigenvalue weighted by Gasteiger charge is -2.20. The number of aryl methyl sites for hydroxylation is 1. The highest BCUT2D eigenvalue weighted by atomic mass is 32.1. The first kappa shape index (κ1) is 19.5. The number of hydrogen-bond donors (Lipinski definition) is 0. The predicted molar refractivity (Wildman–Crippen MR) is 111 cm³/mol. The third kappa shape index (κ3) is 4.51. The molecule has 0 aliphatic heterocycles. The highest BCUT2D eigenvalue weighted by molar-refractivity contribution is 7.13. The Morgan fingerprint density at radius 1 is 1.07 bits per heavy atom. The minimum atomic E-state index is 0.0436. The molecule has 0 aliphatic rings. The Bertz CT molecular complexity index is 934. The van der Waals surface area contributed by atoms with Crippen LogP contribution >= 0.6 is 11.5 Å². The third-order valence-electron chi connectivity index (χ3n) is 4.68. The summed E-state index contributed by atoms with van der Waals surface area (Å²) in [6, 6.07) is 14.1. The maximum atomic E-state index is 12.7. The molecule has 0 amide bonds. The molecule has 0 radical (unpaired) electrons. The summed E-state index contributed by atoms with van der Waals surface area (Å²) in [5.74, 6) is 1.24. The maximum Gasteiger partial charge on any atom is 0.268 e. The van der Waals surface area contributed by atoms with Crippen molar-refractivity contribution in [2.45, 2.75) is 26.4 Å². The van der Waals surface area contributed by atoms with E-state index >= 15 is 0 Å². The fraction of sp³-hybridized carbons (Fsp3) is 0.381. The van der Waals surface area contributed by atoms with Crippen molar-refractivity contribution in [3.05, 3.63) is 58.4 Å². The van der Waals surface area contributed by atoms with Crippen LogP contribution in [0.3, 0.4) is 0 Å². The molecule has 27 heavy (non-hydrogen) atoms. The molecular weight excluding hydrogens is 360 g/mol. The Labute approximate surface area is 163 Å². The second kappa shape index (κ2) is 9.06. The minimum absolute atomic E-state index is 0.0436. The van der Waals surface area contributed by atoms with E-state index in [4.69, 9.17) is 9.47 Å². The molecule has 3 aromatic rings. The van der Waals surface area contributed by atoms with Crippen molar-refractivity contribution in [1.29, 1.82) is 0 Å². The minimum Gasteiger partial charge on any atom is -0.493 e. The molecule has 3 rings (SSSR count). The van der Waals surface area contributed by atoms with Gasteiger partial charge in [0.2, 0.25) is 0 Å². The molecule has 144 valence electrons. The van der Waals surface area contributed by atoms with Gasteiger partial charge >= 0.3 is 0 Å². The smallest absolute Gasteiger partial charge is 0.268 e. The highest BCUT2D eigenvalue weighted by Gasteiger charge is 2.13. The van der Waals surface area contributed by atoms with Crippen LogP contribution in [0, 0.1) is 0 Å². The molecule has 5 nitrogen and oxygen atoms in total. The van der Waals surface area contributed by atoms with Gasteiger partial charge in [0.25, 0.3) is 5.56 Å². The number of aromatic nitrogens is 1.